The highest BCUT2D eigenvalue weighted by Gasteiger charge is 2.37. The van der Waals surface area contributed by atoms with Crippen LogP contribution >= 0.6 is 0 Å². The van der Waals surface area contributed by atoms with Crippen LogP contribution in [0.5, 0.6) is 0 Å². The van der Waals surface area contributed by atoms with Gasteiger partial charge in [0.2, 0.25) is 5.91 Å². The van der Waals surface area contributed by atoms with Crippen LogP contribution in [-0.2, 0) is 19.6 Å². The Morgan fingerprint density at radius 1 is 1.18 bits per heavy atom. The van der Waals surface area contributed by atoms with Crippen molar-refractivity contribution in [2.24, 2.45) is 5.92 Å². The standard InChI is InChI=1S/C27H32N4O7S/c1-17(2)15-21(29-27(34)25-18(3)19-9-4-5-11-23(19)38-25)26(33)28-20-10-8-13-30(16-22(20)32)39(36,37)24-12-6-7-14-31(24)35/h4-7,9,11-12,14,17,20-21H,8,10,13,15-16H2,1-3H3,(H,28,33)(H,29,34)/t20-,21?/m1/s1. The summed E-state index contributed by atoms with van der Waals surface area (Å²) in [5.74, 6) is -1.42. The number of hydrogen-bond donors (Lipinski definition) is 2. The molecular weight excluding hydrogens is 524 g/mol. The first-order valence-corrected chi connectivity index (χ1v) is 14.2. The Labute approximate surface area is 226 Å². The van der Waals surface area contributed by atoms with Crippen molar-refractivity contribution < 1.29 is 31.9 Å². The van der Waals surface area contributed by atoms with Crippen LogP contribution in [0, 0.1) is 18.0 Å². The monoisotopic (exact) mass is 556 g/mol. The van der Waals surface area contributed by atoms with Crippen molar-refractivity contribution in [1.82, 2.24) is 14.9 Å². The van der Waals surface area contributed by atoms with Crippen molar-refractivity contribution >= 4 is 38.6 Å². The van der Waals surface area contributed by atoms with E-state index in [1.807, 2.05) is 26.0 Å². The Hall–Kier alpha value is -3.77. The molecule has 4 rings (SSSR count). The number of aromatic nitrogens is 1. The third-order valence-electron chi connectivity index (χ3n) is 6.71. The first-order chi connectivity index (χ1) is 18.5. The first-order valence-electron chi connectivity index (χ1n) is 12.8. The summed E-state index contributed by atoms with van der Waals surface area (Å²) in [4.78, 5) is 39.4. The molecule has 12 heteroatoms. The van der Waals surface area contributed by atoms with Crippen molar-refractivity contribution in [2.75, 3.05) is 13.1 Å². The molecular formula is C27H32N4O7S. The second-order valence-electron chi connectivity index (χ2n) is 10.1. The van der Waals surface area contributed by atoms with Gasteiger partial charge in [0.15, 0.2) is 17.7 Å². The van der Waals surface area contributed by atoms with Crippen molar-refractivity contribution in [1.29, 1.82) is 0 Å². The lowest BCUT2D eigenvalue weighted by molar-refractivity contribution is -0.646. The molecule has 0 spiro atoms. The fraction of sp³-hybridized carbons (Fsp3) is 0.407. The number of furan rings is 1. The average molecular weight is 557 g/mol. The quantitative estimate of drug-likeness (QED) is 0.318. The minimum absolute atomic E-state index is 0.0207. The summed E-state index contributed by atoms with van der Waals surface area (Å²) in [7, 11) is -4.21. The van der Waals surface area contributed by atoms with Gasteiger partial charge in [0.25, 0.3) is 5.91 Å². The number of rotatable bonds is 8. The molecule has 0 aliphatic carbocycles. The molecule has 0 radical (unpaired) electrons. The maximum absolute atomic E-state index is 13.3. The molecule has 1 aliphatic heterocycles. The molecule has 3 aromatic rings. The third-order valence-corrected chi connectivity index (χ3v) is 8.55. The van der Waals surface area contributed by atoms with E-state index in [4.69, 9.17) is 4.42 Å². The molecule has 1 unspecified atom stereocenters. The van der Waals surface area contributed by atoms with E-state index in [2.05, 4.69) is 10.6 Å². The number of sulfonamides is 1. The van der Waals surface area contributed by atoms with E-state index in [9.17, 15) is 28.0 Å². The van der Waals surface area contributed by atoms with E-state index < -0.39 is 51.3 Å². The van der Waals surface area contributed by atoms with Gasteiger partial charge in [-0.2, -0.15) is 9.04 Å². The molecule has 208 valence electrons. The summed E-state index contributed by atoms with van der Waals surface area (Å²) in [6, 6.07) is 9.39. The molecule has 39 heavy (non-hydrogen) atoms. The number of nitrogens with one attached hydrogen (secondary N) is 2. The minimum atomic E-state index is -4.21. The Morgan fingerprint density at radius 2 is 1.90 bits per heavy atom. The van der Waals surface area contributed by atoms with Crippen LogP contribution in [0.25, 0.3) is 11.0 Å². The largest absolute Gasteiger partial charge is 0.618 e. The van der Waals surface area contributed by atoms with Crippen molar-refractivity contribution in [2.45, 2.75) is 57.1 Å². The van der Waals surface area contributed by atoms with E-state index in [0.717, 1.165) is 15.9 Å². The van der Waals surface area contributed by atoms with Gasteiger partial charge in [0.05, 0.1) is 12.6 Å². The molecule has 0 bridgehead atoms. The number of para-hydroxylation sites is 1. The molecule has 11 nitrogen and oxygen atoms in total. The lowest BCUT2D eigenvalue weighted by atomic mass is 10.0. The van der Waals surface area contributed by atoms with Crippen LogP contribution in [0.2, 0.25) is 0 Å². The minimum Gasteiger partial charge on any atom is -0.618 e. The summed E-state index contributed by atoms with van der Waals surface area (Å²) >= 11 is 0. The molecule has 1 saturated heterocycles. The first kappa shape index (κ1) is 28.2. The number of fused-ring (bicyclic) bond motifs is 1. The van der Waals surface area contributed by atoms with Gasteiger partial charge < -0.3 is 20.3 Å². The van der Waals surface area contributed by atoms with E-state index in [1.54, 1.807) is 19.1 Å². The average Bonchev–Trinajstić information content (AvgIpc) is 3.11. The predicted octanol–water partition coefficient (Wildman–Crippen LogP) is 2.06. The zero-order chi connectivity index (χ0) is 28.3. The fourth-order valence-electron chi connectivity index (χ4n) is 4.69. The summed E-state index contributed by atoms with van der Waals surface area (Å²) in [6.45, 7) is 5.12. The summed E-state index contributed by atoms with van der Waals surface area (Å²) in [5, 5.41) is 17.8. The molecule has 3 heterocycles. The van der Waals surface area contributed by atoms with Crippen molar-refractivity contribution in [3.63, 3.8) is 0 Å². The fourth-order valence-corrected chi connectivity index (χ4v) is 6.16. The number of carbonyl (C=O) groups excluding carboxylic acids is 3. The number of Topliss-reactive ketones (excluding diaryl/α,β-unsaturated/α-hetero) is 1. The van der Waals surface area contributed by atoms with E-state index >= 15 is 0 Å². The number of benzene rings is 1. The van der Waals surface area contributed by atoms with Gasteiger partial charge in [-0.25, -0.2) is 8.42 Å². The molecule has 2 atom stereocenters. The van der Waals surface area contributed by atoms with E-state index in [1.165, 1.54) is 18.2 Å². The van der Waals surface area contributed by atoms with Crippen LogP contribution < -0.4 is 15.4 Å². The van der Waals surface area contributed by atoms with Crippen LogP contribution in [0.3, 0.4) is 0 Å². The molecule has 2 N–H and O–H groups in total. The number of amides is 2. The van der Waals surface area contributed by atoms with Gasteiger partial charge in [0.1, 0.15) is 11.6 Å². The molecule has 2 aromatic heterocycles. The normalized spacial score (nSPS) is 17.6. The molecule has 1 aromatic carbocycles. The van der Waals surface area contributed by atoms with Gasteiger partial charge in [-0.3, -0.25) is 14.4 Å². The number of carbonyl (C=O) groups is 3. The number of hydrogen-bond acceptors (Lipinski definition) is 7. The molecule has 1 fully saturated rings. The van der Waals surface area contributed by atoms with Crippen molar-refractivity contribution in [3.8, 4) is 0 Å². The number of aryl methyl sites for hydroxylation is 1. The molecule has 0 saturated carbocycles. The predicted molar refractivity (Wildman–Crippen MR) is 142 cm³/mol. The van der Waals surface area contributed by atoms with Crippen LogP contribution in [0.1, 0.15) is 49.2 Å². The zero-order valence-electron chi connectivity index (χ0n) is 22.0. The van der Waals surface area contributed by atoms with Gasteiger partial charge in [0, 0.05) is 29.6 Å². The summed E-state index contributed by atoms with van der Waals surface area (Å²) in [5.41, 5.74) is 1.22. The Balaban J connectivity index is 1.47. The van der Waals surface area contributed by atoms with Gasteiger partial charge in [-0.05, 0) is 44.2 Å². The smallest absolute Gasteiger partial charge is 0.323 e. The van der Waals surface area contributed by atoms with Crippen LogP contribution in [0.4, 0.5) is 0 Å². The number of nitrogens with zero attached hydrogens (tertiary/aromatic N) is 2. The molecule has 2 amide bonds. The summed E-state index contributed by atoms with van der Waals surface area (Å²) < 4.78 is 33.0. The van der Waals surface area contributed by atoms with Gasteiger partial charge >= 0.3 is 15.0 Å². The Kier molecular flexibility index (Phi) is 8.36. The topological polar surface area (TPSA) is 153 Å². The van der Waals surface area contributed by atoms with Gasteiger partial charge in [-0.15, -0.1) is 0 Å². The lowest BCUT2D eigenvalue weighted by Gasteiger charge is -2.23. The maximum atomic E-state index is 13.3. The lowest BCUT2D eigenvalue weighted by Crippen LogP contribution is -2.53. The second kappa shape index (κ2) is 11.5. The third kappa shape index (κ3) is 6.12. The second-order valence-corrected chi connectivity index (χ2v) is 12.0. The van der Waals surface area contributed by atoms with Crippen LogP contribution in [0.15, 0.2) is 58.1 Å². The number of ketones is 1. The highest BCUT2D eigenvalue weighted by molar-refractivity contribution is 7.89. The zero-order valence-corrected chi connectivity index (χ0v) is 22.9. The molecule has 1 aliphatic rings. The highest BCUT2D eigenvalue weighted by atomic mass is 32.2. The van der Waals surface area contributed by atoms with E-state index in [0.29, 0.717) is 24.0 Å². The highest BCUT2D eigenvalue weighted by Crippen LogP contribution is 2.25. The Bertz CT molecular complexity index is 1500. The van der Waals surface area contributed by atoms with Crippen molar-refractivity contribution in [3.05, 3.63) is 65.2 Å². The maximum Gasteiger partial charge on any atom is 0.323 e. The Morgan fingerprint density at radius 3 is 2.59 bits per heavy atom. The number of pyridine rings is 1. The summed E-state index contributed by atoms with van der Waals surface area (Å²) in [6.07, 6.45) is 1.90. The van der Waals surface area contributed by atoms with Crippen LogP contribution in [-0.4, -0.2) is 55.5 Å². The van der Waals surface area contributed by atoms with Gasteiger partial charge in [-0.1, -0.05) is 32.0 Å². The SMILES string of the molecule is Cc1c(C(=O)NC(CC(C)C)C(=O)N[C@@H]2CCCN(S(=O)(=O)c3cccc[n+]3[O-])CC2=O)oc2ccccc12. The van der Waals surface area contributed by atoms with E-state index in [-0.39, 0.29) is 29.4 Å².